The Morgan fingerprint density at radius 1 is 1.17 bits per heavy atom. The molecule has 0 aliphatic rings. The number of rotatable bonds is 5. The fourth-order valence-corrected chi connectivity index (χ4v) is 2.15. The Morgan fingerprint density at radius 2 is 2.04 bits per heavy atom. The summed E-state index contributed by atoms with van der Waals surface area (Å²) in [5.74, 6) is 1.76. The van der Waals surface area contributed by atoms with Crippen LogP contribution < -0.4 is 15.8 Å². The van der Waals surface area contributed by atoms with E-state index in [1.807, 2.05) is 32.0 Å². The zero-order valence-electron chi connectivity index (χ0n) is 13.0. The minimum absolute atomic E-state index is 0.0908. The molecule has 3 aromatic heterocycles. The Hall–Kier alpha value is -2.96. The van der Waals surface area contributed by atoms with Gasteiger partial charge in [-0.2, -0.15) is 0 Å². The first-order valence-corrected chi connectivity index (χ1v) is 7.34. The van der Waals surface area contributed by atoms with Crippen molar-refractivity contribution in [3.05, 3.63) is 42.4 Å². The van der Waals surface area contributed by atoms with Gasteiger partial charge < -0.3 is 15.8 Å². The third kappa shape index (κ3) is 3.63. The molecule has 23 heavy (non-hydrogen) atoms. The number of nitrogens with two attached hydrogens (primary N) is 1. The van der Waals surface area contributed by atoms with Crippen LogP contribution in [0.1, 0.15) is 19.4 Å². The quantitative estimate of drug-likeness (QED) is 0.746. The largest absolute Gasteiger partial charge is 0.475 e. The van der Waals surface area contributed by atoms with Gasteiger partial charge in [-0.15, -0.1) is 0 Å². The second-order valence-corrected chi connectivity index (χ2v) is 5.35. The van der Waals surface area contributed by atoms with Gasteiger partial charge in [0.2, 0.25) is 5.88 Å². The lowest BCUT2D eigenvalue weighted by Gasteiger charge is -2.11. The van der Waals surface area contributed by atoms with E-state index in [4.69, 9.17) is 10.5 Å². The molecule has 3 N–H and O–H groups in total. The number of pyridine rings is 2. The molecule has 0 radical (unpaired) electrons. The molecule has 3 heterocycles. The highest BCUT2D eigenvalue weighted by Crippen LogP contribution is 2.20. The molecule has 0 atom stereocenters. The number of aromatic nitrogens is 4. The number of anilines is 2. The maximum atomic E-state index is 5.68. The van der Waals surface area contributed by atoms with Crippen molar-refractivity contribution in [3.63, 3.8) is 0 Å². The summed E-state index contributed by atoms with van der Waals surface area (Å²) in [6.45, 7) is 4.53. The van der Waals surface area contributed by atoms with Gasteiger partial charge in [0.25, 0.3) is 0 Å². The van der Waals surface area contributed by atoms with Crippen LogP contribution in [0.15, 0.2) is 36.8 Å². The number of nitrogens with zero attached hydrogens (tertiary/aromatic N) is 4. The van der Waals surface area contributed by atoms with Gasteiger partial charge in [-0.05, 0) is 37.6 Å². The van der Waals surface area contributed by atoms with Crippen LogP contribution in [0, 0.1) is 0 Å². The van der Waals surface area contributed by atoms with Gasteiger partial charge in [0, 0.05) is 18.8 Å². The van der Waals surface area contributed by atoms with Crippen molar-refractivity contribution in [2.75, 3.05) is 11.1 Å². The Bertz CT molecular complexity index is 821. The van der Waals surface area contributed by atoms with E-state index in [0.717, 1.165) is 10.9 Å². The maximum absolute atomic E-state index is 5.68. The van der Waals surface area contributed by atoms with E-state index >= 15 is 0 Å². The Morgan fingerprint density at radius 3 is 2.87 bits per heavy atom. The van der Waals surface area contributed by atoms with Gasteiger partial charge in [0.15, 0.2) is 5.65 Å². The molecule has 3 rings (SSSR count). The highest BCUT2D eigenvalue weighted by molar-refractivity contribution is 5.86. The van der Waals surface area contributed by atoms with Crippen LogP contribution in [-0.2, 0) is 6.54 Å². The molecule has 0 fully saturated rings. The van der Waals surface area contributed by atoms with Gasteiger partial charge in [-0.1, -0.05) is 0 Å². The number of fused-ring (bicyclic) bond motifs is 1. The van der Waals surface area contributed by atoms with E-state index in [1.165, 1.54) is 6.33 Å². The van der Waals surface area contributed by atoms with Gasteiger partial charge in [-0.25, -0.2) is 19.9 Å². The molecule has 0 bridgehead atoms. The summed E-state index contributed by atoms with van der Waals surface area (Å²) in [7, 11) is 0. The number of hydrogen-bond acceptors (Lipinski definition) is 7. The van der Waals surface area contributed by atoms with E-state index in [9.17, 15) is 0 Å². The average Bonchev–Trinajstić information content (AvgIpc) is 2.52. The third-order valence-electron chi connectivity index (χ3n) is 3.13. The van der Waals surface area contributed by atoms with Gasteiger partial charge in [-0.3, -0.25) is 0 Å². The maximum Gasteiger partial charge on any atom is 0.213 e. The van der Waals surface area contributed by atoms with Crippen molar-refractivity contribution in [1.82, 2.24) is 19.9 Å². The molecule has 0 aliphatic carbocycles. The fraction of sp³-hybridized carbons (Fsp3) is 0.250. The lowest BCUT2D eigenvalue weighted by molar-refractivity contribution is 0.232. The molecule has 0 spiro atoms. The molecule has 0 aromatic carbocycles. The van der Waals surface area contributed by atoms with Crippen molar-refractivity contribution in [2.24, 2.45) is 0 Å². The Balaban J connectivity index is 1.78. The van der Waals surface area contributed by atoms with Gasteiger partial charge in [0.05, 0.1) is 11.5 Å². The van der Waals surface area contributed by atoms with Crippen LogP contribution >= 0.6 is 0 Å². The van der Waals surface area contributed by atoms with Crippen LogP contribution in [0.25, 0.3) is 11.0 Å². The topological polar surface area (TPSA) is 98.8 Å². The molecule has 0 saturated carbocycles. The molecule has 0 amide bonds. The summed E-state index contributed by atoms with van der Waals surface area (Å²) in [4.78, 5) is 16.8. The third-order valence-corrected chi connectivity index (χ3v) is 3.13. The van der Waals surface area contributed by atoms with E-state index in [0.29, 0.717) is 29.7 Å². The minimum Gasteiger partial charge on any atom is -0.475 e. The molecule has 0 aliphatic heterocycles. The van der Waals surface area contributed by atoms with Crippen molar-refractivity contribution in [2.45, 2.75) is 26.5 Å². The Labute approximate surface area is 134 Å². The number of ether oxygens (including phenoxy) is 1. The zero-order chi connectivity index (χ0) is 16.2. The van der Waals surface area contributed by atoms with Gasteiger partial charge >= 0.3 is 0 Å². The summed E-state index contributed by atoms with van der Waals surface area (Å²) in [6, 6.07) is 7.43. The molecule has 0 unspecified atom stereocenters. The van der Waals surface area contributed by atoms with Crippen molar-refractivity contribution in [3.8, 4) is 5.88 Å². The summed E-state index contributed by atoms with van der Waals surface area (Å²) < 4.78 is 5.60. The SMILES string of the molecule is CC(C)Oc1cc(CNc2ncnc3nc(N)ccc23)ccn1. The summed E-state index contributed by atoms with van der Waals surface area (Å²) in [6.07, 6.45) is 3.29. The number of nitrogens with one attached hydrogen (secondary N) is 1. The number of nitrogen functional groups attached to an aromatic ring is 1. The van der Waals surface area contributed by atoms with Crippen molar-refractivity contribution >= 4 is 22.7 Å². The van der Waals surface area contributed by atoms with Crippen LogP contribution in [-0.4, -0.2) is 26.0 Å². The van der Waals surface area contributed by atoms with E-state index in [1.54, 1.807) is 12.3 Å². The monoisotopic (exact) mass is 310 g/mol. The normalized spacial score (nSPS) is 10.9. The van der Waals surface area contributed by atoms with E-state index in [-0.39, 0.29) is 6.10 Å². The second-order valence-electron chi connectivity index (χ2n) is 5.35. The lowest BCUT2D eigenvalue weighted by atomic mass is 10.2. The molecular weight excluding hydrogens is 292 g/mol. The summed E-state index contributed by atoms with van der Waals surface area (Å²) >= 11 is 0. The molecule has 7 nitrogen and oxygen atoms in total. The molecule has 3 aromatic rings. The van der Waals surface area contributed by atoms with E-state index in [2.05, 4.69) is 25.3 Å². The van der Waals surface area contributed by atoms with Crippen LogP contribution in [0.4, 0.5) is 11.6 Å². The molecule has 7 heteroatoms. The van der Waals surface area contributed by atoms with Crippen molar-refractivity contribution in [1.29, 1.82) is 0 Å². The Kier molecular flexibility index (Phi) is 4.18. The predicted molar refractivity (Wildman–Crippen MR) is 89.1 cm³/mol. The van der Waals surface area contributed by atoms with E-state index < -0.39 is 0 Å². The predicted octanol–water partition coefficient (Wildman–Crippen LogP) is 2.40. The smallest absolute Gasteiger partial charge is 0.213 e. The average molecular weight is 310 g/mol. The zero-order valence-corrected chi connectivity index (χ0v) is 13.0. The highest BCUT2D eigenvalue weighted by Gasteiger charge is 2.06. The molecular formula is C16H18N6O. The molecule has 118 valence electrons. The van der Waals surface area contributed by atoms with Crippen LogP contribution in [0.2, 0.25) is 0 Å². The van der Waals surface area contributed by atoms with Gasteiger partial charge in [0.1, 0.15) is 18.0 Å². The standard InChI is InChI=1S/C16H18N6O/c1-10(2)23-14-7-11(5-6-18-14)8-19-15-12-3-4-13(17)22-16(12)21-9-20-15/h3-7,9-10H,8H2,1-2H3,(H3,17,19,20,21,22). The second kappa shape index (κ2) is 6.43. The van der Waals surface area contributed by atoms with Crippen LogP contribution in [0.5, 0.6) is 5.88 Å². The minimum atomic E-state index is 0.0908. The lowest BCUT2D eigenvalue weighted by Crippen LogP contribution is -2.08. The number of hydrogen-bond donors (Lipinski definition) is 2. The first kappa shape index (κ1) is 15.0. The summed E-state index contributed by atoms with van der Waals surface area (Å²) in [5, 5.41) is 4.12. The first-order valence-electron chi connectivity index (χ1n) is 7.34. The molecule has 0 saturated heterocycles. The van der Waals surface area contributed by atoms with Crippen LogP contribution in [0.3, 0.4) is 0 Å². The highest BCUT2D eigenvalue weighted by atomic mass is 16.5. The fourth-order valence-electron chi connectivity index (χ4n) is 2.15. The van der Waals surface area contributed by atoms with Crippen molar-refractivity contribution < 1.29 is 4.74 Å². The first-order chi connectivity index (χ1) is 11.1. The summed E-state index contributed by atoms with van der Waals surface area (Å²) in [5.41, 5.74) is 7.30.